The lowest BCUT2D eigenvalue weighted by molar-refractivity contribution is -0.134. The van der Waals surface area contributed by atoms with Crippen LogP contribution in [0.1, 0.15) is 30.5 Å². The zero-order valence-corrected chi connectivity index (χ0v) is 11.7. The number of ether oxygens (including phenoxy) is 1. The van der Waals surface area contributed by atoms with Gasteiger partial charge in [-0.3, -0.25) is 0 Å². The molecule has 2 aliphatic rings. The number of hydrogen-bond acceptors (Lipinski definition) is 2. The fourth-order valence-electron chi connectivity index (χ4n) is 4.09. The lowest BCUT2D eigenvalue weighted by Gasteiger charge is -2.56. The number of rotatable bonds is 2. The van der Waals surface area contributed by atoms with E-state index in [0.29, 0.717) is 13.2 Å². The summed E-state index contributed by atoms with van der Waals surface area (Å²) in [7, 11) is 0. The zero-order valence-electron chi connectivity index (χ0n) is 11.7. The third kappa shape index (κ3) is 1.23. The first kappa shape index (κ1) is 12.0. The summed E-state index contributed by atoms with van der Waals surface area (Å²) in [5.41, 5.74) is 3.35. The van der Waals surface area contributed by atoms with Gasteiger partial charge in [-0.25, -0.2) is 0 Å². The molecule has 0 spiro atoms. The molecule has 2 fully saturated rings. The number of nitriles is 1. The lowest BCUT2D eigenvalue weighted by atomic mass is 9.50. The number of aryl methyl sites for hydroxylation is 1. The highest BCUT2D eigenvalue weighted by Crippen LogP contribution is 2.59. The van der Waals surface area contributed by atoms with Gasteiger partial charge in [0.05, 0.1) is 30.1 Å². The van der Waals surface area contributed by atoms with E-state index in [-0.39, 0.29) is 10.8 Å². The van der Waals surface area contributed by atoms with Crippen molar-refractivity contribution in [2.75, 3.05) is 13.2 Å². The van der Waals surface area contributed by atoms with E-state index in [1.165, 1.54) is 22.2 Å². The Morgan fingerprint density at radius 2 is 2.00 bits per heavy atom. The quantitative estimate of drug-likeness (QED) is 0.905. The molecule has 0 bridgehead atoms. The van der Waals surface area contributed by atoms with Crippen molar-refractivity contribution in [3.05, 3.63) is 35.5 Å². The molecular weight excluding hydrogens is 248 g/mol. The maximum Gasteiger partial charge on any atom is 0.0716 e. The summed E-state index contributed by atoms with van der Waals surface area (Å²) in [6, 6.07) is 11.0. The van der Waals surface area contributed by atoms with Crippen molar-refractivity contribution in [2.24, 2.45) is 5.41 Å². The summed E-state index contributed by atoms with van der Waals surface area (Å²) in [5.74, 6) is 0. The standard InChI is InChI=1S/C17H18N2O/c1-12-15(13-5-2-3-6-14(13)19-12)17(10-20-11-17)16(9-18)7-4-8-16/h2-3,5-6,19H,4,7-8,10-11H2,1H3. The van der Waals surface area contributed by atoms with E-state index in [9.17, 15) is 5.26 Å². The number of nitrogens with one attached hydrogen (secondary N) is 1. The molecule has 1 aromatic heterocycles. The molecule has 1 aromatic carbocycles. The minimum atomic E-state index is -0.221. The van der Waals surface area contributed by atoms with Crippen LogP contribution in [0.4, 0.5) is 0 Å². The second-order valence-electron chi connectivity index (χ2n) is 6.29. The molecule has 1 saturated carbocycles. The Hall–Kier alpha value is -1.79. The smallest absolute Gasteiger partial charge is 0.0716 e. The fourth-order valence-corrected chi connectivity index (χ4v) is 4.09. The van der Waals surface area contributed by atoms with Crippen molar-refractivity contribution >= 4 is 10.9 Å². The molecule has 4 rings (SSSR count). The van der Waals surface area contributed by atoms with Gasteiger partial charge in [0.1, 0.15) is 0 Å². The Balaban J connectivity index is 1.97. The van der Waals surface area contributed by atoms with Crippen LogP contribution in [0.2, 0.25) is 0 Å². The van der Waals surface area contributed by atoms with E-state index in [4.69, 9.17) is 4.74 Å². The van der Waals surface area contributed by atoms with Crippen LogP contribution >= 0.6 is 0 Å². The van der Waals surface area contributed by atoms with Crippen molar-refractivity contribution in [3.8, 4) is 6.07 Å². The number of aromatic amines is 1. The molecular formula is C17H18N2O. The minimum absolute atomic E-state index is 0.107. The number of fused-ring (bicyclic) bond motifs is 1. The van der Waals surface area contributed by atoms with Crippen LogP contribution in [-0.2, 0) is 10.2 Å². The monoisotopic (exact) mass is 266 g/mol. The molecule has 2 aromatic rings. The summed E-state index contributed by atoms with van der Waals surface area (Å²) < 4.78 is 5.58. The largest absolute Gasteiger partial charge is 0.379 e. The molecule has 1 aliphatic heterocycles. The normalized spacial score (nSPS) is 22.8. The number of nitrogens with zero attached hydrogens (tertiary/aromatic N) is 1. The van der Waals surface area contributed by atoms with Gasteiger partial charge in [-0.2, -0.15) is 5.26 Å². The predicted molar refractivity (Wildman–Crippen MR) is 77.4 cm³/mol. The fraction of sp³-hybridized carbons (Fsp3) is 0.471. The minimum Gasteiger partial charge on any atom is -0.379 e. The Bertz CT molecular complexity index is 714. The maximum absolute atomic E-state index is 9.78. The second kappa shape index (κ2) is 3.86. The zero-order chi connectivity index (χ0) is 13.8. The van der Waals surface area contributed by atoms with E-state index < -0.39 is 0 Å². The third-order valence-electron chi connectivity index (χ3n) is 5.41. The highest BCUT2D eigenvalue weighted by Gasteiger charge is 2.61. The highest BCUT2D eigenvalue weighted by atomic mass is 16.5. The Morgan fingerprint density at radius 3 is 2.55 bits per heavy atom. The molecule has 3 heteroatoms. The van der Waals surface area contributed by atoms with Gasteiger partial charge in [-0.15, -0.1) is 0 Å². The Labute approximate surface area is 118 Å². The van der Waals surface area contributed by atoms with Gasteiger partial charge in [-0.1, -0.05) is 24.6 Å². The first-order valence-corrected chi connectivity index (χ1v) is 7.29. The van der Waals surface area contributed by atoms with Gasteiger partial charge < -0.3 is 9.72 Å². The SMILES string of the molecule is Cc1[nH]c2ccccc2c1C1(C2(C#N)CCC2)COC1. The van der Waals surface area contributed by atoms with Gasteiger partial charge in [0.25, 0.3) is 0 Å². The van der Waals surface area contributed by atoms with Gasteiger partial charge in [0.2, 0.25) is 0 Å². The van der Waals surface area contributed by atoms with Gasteiger partial charge >= 0.3 is 0 Å². The van der Waals surface area contributed by atoms with Gasteiger partial charge in [0, 0.05) is 16.6 Å². The molecule has 0 radical (unpaired) electrons. The van der Waals surface area contributed by atoms with E-state index >= 15 is 0 Å². The number of para-hydroxylation sites is 1. The summed E-state index contributed by atoms with van der Waals surface area (Å²) in [4.78, 5) is 3.48. The molecule has 0 amide bonds. The van der Waals surface area contributed by atoms with Gasteiger partial charge in [0.15, 0.2) is 0 Å². The molecule has 3 nitrogen and oxygen atoms in total. The second-order valence-corrected chi connectivity index (χ2v) is 6.29. The van der Waals surface area contributed by atoms with Crippen molar-refractivity contribution in [2.45, 2.75) is 31.6 Å². The molecule has 0 unspecified atom stereocenters. The average molecular weight is 266 g/mol. The van der Waals surface area contributed by atoms with E-state index in [1.807, 2.05) is 0 Å². The maximum atomic E-state index is 9.78. The van der Waals surface area contributed by atoms with Crippen molar-refractivity contribution in [1.29, 1.82) is 5.26 Å². The average Bonchev–Trinajstić information content (AvgIpc) is 2.68. The van der Waals surface area contributed by atoms with Crippen LogP contribution in [0.5, 0.6) is 0 Å². The first-order chi connectivity index (χ1) is 9.72. The number of benzene rings is 1. The van der Waals surface area contributed by atoms with Crippen LogP contribution in [0.25, 0.3) is 10.9 Å². The van der Waals surface area contributed by atoms with E-state index in [0.717, 1.165) is 19.3 Å². The molecule has 102 valence electrons. The number of H-pyrrole nitrogens is 1. The summed E-state index contributed by atoms with van der Waals surface area (Å²) in [6.07, 6.45) is 3.17. The van der Waals surface area contributed by atoms with Crippen LogP contribution in [0.15, 0.2) is 24.3 Å². The molecule has 20 heavy (non-hydrogen) atoms. The van der Waals surface area contributed by atoms with Gasteiger partial charge in [-0.05, 0) is 31.4 Å². The number of aromatic nitrogens is 1. The Morgan fingerprint density at radius 1 is 1.25 bits per heavy atom. The topological polar surface area (TPSA) is 48.8 Å². The van der Waals surface area contributed by atoms with Crippen LogP contribution in [-0.4, -0.2) is 18.2 Å². The summed E-state index contributed by atoms with van der Waals surface area (Å²) in [6.45, 7) is 3.49. The molecule has 2 heterocycles. The molecule has 1 N–H and O–H groups in total. The summed E-state index contributed by atoms with van der Waals surface area (Å²) >= 11 is 0. The third-order valence-corrected chi connectivity index (χ3v) is 5.41. The lowest BCUT2D eigenvalue weighted by Crippen LogP contribution is -2.61. The van der Waals surface area contributed by atoms with E-state index in [1.54, 1.807) is 0 Å². The predicted octanol–water partition coefficient (Wildman–Crippen LogP) is 3.44. The first-order valence-electron chi connectivity index (χ1n) is 7.29. The van der Waals surface area contributed by atoms with Crippen LogP contribution in [0, 0.1) is 23.7 Å². The summed E-state index contributed by atoms with van der Waals surface area (Å²) in [5, 5.41) is 11.0. The van der Waals surface area contributed by atoms with Crippen molar-refractivity contribution in [3.63, 3.8) is 0 Å². The molecule has 1 saturated heterocycles. The van der Waals surface area contributed by atoms with Crippen molar-refractivity contribution in [1.82, 2.24) is 4.98 Å². The Kier molecular flexibility index (Phi) is 2.32. The van der Waals surface area contributed by atoms with Crippen molar-refractivity contribution < 1.29 is 4.74 Å². The van der Waals surface area contributed by atoms with Crippen LogP contribution in [0.3, 0.4) is 0 Å². The van der Waals surface area contributed by atoms with E-state index in [2.05, 4.69) is 42.2 Å². The van der Waals surface area contributed by atoms with Crippen LogP contribution < -0.4 is 0 Å². The number of hydrogen-bond donors (Lipinski definition) is 1. The molecule has 0 atom stereocenters. The highest BCUT2D eigenvalue weighted by molar-refractivity contribution is 5.86. The molecule has 1 aliphatic carbocycles.